The van der Waals surface area contributed by atoms with Crippen LogP contribution in [0.4, 0.5) is 0 Å². The quantitative estimate of drug-likeness (QED) is 0.762. The lowest BCUT2D eigenvalue weighted by atomic mass is 10.1. The van der Waals surface area contributed by atoms with Gasteiger partial charge in [0.15, 0.2) is 0 Å². The molecule has 0 aliphatic carbocycles. The van der Waals surface area contributed by atoms with Crippen LogP contribution in [0.1, 0.15) is 18.4 Å². The number of esters is 1. The highest BCUT2D eigenvalue weighted by atomic mass is 16.5. The molecule has 0 radical (unpaired) electrons. The number of benzene rings is 1. The molecule has 0 spiro atoms. The number of carbonyl (C=O) groups is 1. The van der Waals surface area contributed by atoms with E-state index < -0.39 is 0 Å². The fraction of sp³-hybridized carbons (Fsp3) is 0.533. The molecule has 1 aromatic rings. The highest BCUT2D eigenvalue weighted by molar-refractivity contribution is 5.69. The third-order valence-corrected chi connectivity index (χ3v) is 3.62. The molecule has 1 atom stereocenters. The minimum Gasteiger partial charge on any atom is -0.497 e. The van der Waals surface area contributed by atoms with Gasteiger partial charge in [0.1, 0.15) is 5.75 Å². The highest BCUT2D eigenvalue weighted by Gasteiger charge is 2.24. The van der Waals surface area contributed by atoms with Gasteiger partial charge < -0.3 is 9.47 Å². The fourth-order valence-corrected chi connectivity index (χ4v) is 2.53. The predicted molar refractivity (Wildman–Crippen MR) is 73.0 cm³/mol. The Hall–Kier alpha value is -1.55. The number of methoxy groups -OCH3 is 2. The van der Waals surface area contributed by atoms with Gasteiger partial charge in [0, 0.05) is 19.5 Å². The summed E-state index contributed by atoms with van der Waals surface area (Å²) in [6.07, 6.45) is 1.61. The largest absolute Gasteiger partial charge is 0.497 e. The zero-order chi connectivity index (χ0) is 13.7. The van der Waals surface area contributed by atoms with Crippen LogP contribution in [0.2, 0.25) is 0 Å². The van der Waals surface area contributed by atoms with Crippen molar-refractivity contribution < 1.29 is 14.3 Å². The van der Waals surface area contributed by atoms with Crippen molar-refractivity contribution in [1.82, 2.24) is 4.90 Å². The third kappa shape index (κ3) is 3.96. The van der Waals surface area contributed by atoms with E-state index >= 15 is 0 Å². The van der Waals surface area contributed by atoms with Gasteiger partial charge in [0.2, 0.25) is 0 Å². The average Bonchev–Trinajstić information content (AvgIpc) is 2.86. The first kappa shape index (κ1) is 13.9. The van der Waals surface area contributed by atoms with Gasteiger partial charge in [0.05, 0.1) is 14.2 Å². The minimum atomic E-state index is -0.101. The maximum Gasteiger partial charge on any atom is 0.305 e. The van der Waals surface area contributed by atoms with Crippen molar-refractivity contribution in [2.45, 2.75) is 19.4 Å². The van der Waals surface area contributed by atoms with Crippen LogP contribution in [0.5, 0.6) is 5.75 Å². The summed E-state index contributed by atoms with van der Waals surface area (Å²) in [5, 5.41) is 0. The van der Waals surface area contributed by atoms with Crippen molar-refractivity contribution in [3.8, 4) is 5.75 Å². The van der Waals surface area contributed by atoms with E-state index in [1.165, 1.54) is 12.7 Å². The Morgan fingerprint density at radius 1 is 1.32 bits per heavy atom. The maximum absolute atomic E-state index is 11.2. The standard InChI is InChI=1S/C15H21NO3/c1-18-14-5-3-12(4-6-14)10-16-8-7-13(11-16)9-15(17)19-2/h3-6,13H,7-11H2,1-2H3. The molecule has 19 heavy (non-hydrogen) atoms. The molecule has 1 aliphatic rings. The molecule has 0 saturated carbocycles. The van der Waals surface area contributed by atoms with Crippen LogP contribution in [-0.4, -0.2) is 38.2 Å². The van der Waals surface area contributed by atoms with E-state index in [0.717, 1.165) is 31.8 Å². The number of nitrogens with zero attached hydrogens (tertiary/aromatic N) is 1. The summed E-state index contributed by atoms with van der Waals surface area (Å²) >= 11 is 0. The smallest absolute Gasteiger partial charge is 0.305 e. The summed E-state index contributed by atoms with van der Waals surface area (Å²) in [4.78, 5) is 13.6. The summed E-state index contributed by atoms with van der Waals surface area (Å²) in [6.45, 7) is 2.95. The Morgan fingerprint density at radius 2 is 2.05 bits per heavy atom. The first-order valence-electron chi connectivity index (χ1n) is 6.63. The Morgan fingerprint density at radius 3 is 2.68 bits per heavy atom. The van der Waals surface area contributed by atoms with Crippen LogP contribution in [0, 0.1) is 5.92 Å². The normalized spacial score (nSPS) is 19.4. The number of likely N-dealkylation sites (tertiary alicyclic amines) is 1. The molecule has 1 fully saturated rings. The molecule has 1 aliphatic heterocycles. The summed E-state index contributed by atoms with van der Waals surface area (Å²) < 4.78 is 9.87. The topological polar surface area (TPSA) is 38.8 Å². The second-order valence-electron chi connectivity index (χ2n) is 5.02. The van der Waals surface area contributed by atoms with Gasteiger partial charge in [-0.2, -0.15) is 0 Å². The van der Waals surface area contributed by atoms with Crippen LogP contribution < -0.4 is 4.74 Å². The van der Waals surface area contributed by atoms with E-state index in [2.05, 4.69) is 17.0 Å². The van der Waals surface area contributed by atoms with Crippen molar-refractivity contribution in [2.24, 2.45) is 5.92 Å². The minimum absolute atomic E-state index is 0.101. The van der Waals surface area contributed by atoms with Gasteiger partial charge >= 0.3 is 5.97 Å². The van der Waals surface area contributed by atoms with Gasteiger partial charge in [-0.3, -0.25) is 9.69 Å². The fourth-order valence-electron chi connectivity index (χ4n) is 2.53. The Kier molecular flexibility index (Phi) is 4.80. The van der Waals surface area contributed by atoms with E-state index in [9.17, 15) is 4.79 Å². The van der Waals surface area contributed by atoms with Crippen LogP contribution in [0.3, 0.4) is 0 Å². The molecule has 1 unspecified atom stereocenters. The molecule has 0 N–H and O–H groups in total. The van der Waals surface area contributed by atoms with Crippen molar-refractivity contribution in [3.63, 3.8) is 0 Å². The summed E-state index contributed by atoms with van der Waals surface area (Å²) in [6, 6.07) is 8.15. The van der Waals surface area contributed by atoms with E-state index in [0.29, 0.717) is 12.3 Å². The van der Waals surface area contributed by atoms with Crippen LogP contribution in [-0.2, 0) is 16.1 Å². The third-order valence-electron chi connectivity index (χ3n) is 3.62. The number of hydrogen-bond donors (Lipinski definition) is 0. The first-order valence-corrected chi connectivity index (χ1v) is 6.63. The number of carbonyl (C=O) groups excluding carboxylic acids is 1. The molecular formula is C15H21NO3. The van der Waals surface area contributed by atoms with Crippen LogP contribution in [0.25, 0.3) is 0 Å². The molecule has 1 aromatic carbocycles. The second-order valence-corrected chi connectivity index (χ2v) is 5.02. The SMILES string of the molecule is COC(=O)CC1CCN(Cc2ccc(OC)cc2)C1. The van der Waals surface area contributed by atoms with Gasteiger partial charge in [0.25, 0.3) is 0 Å². The number of rotatable bonds is 5. The Labute approximate surface area is 114 Å². The summed E-state index contributed by atoms with van der Waals surface area (Å²) in [7, 11) is 3.12. The van der Waals surface area contributed by atoms with Crippen LogP contribution in [0.15, 0.2) is 24.3 Å². The average molecular weight is 263 g/mol. The van der Waals surface area contributed by atoms with Crippen molar-refractivity contribution in [2.75, 3.05) is 27.3 Å². The highest BCUT2D eigenvalue weighted by Crippen LogP contribution is 2.22. The predicted octanol–water partition coefficient (Wildman–Crippen LogP) is 2.08. The van der Waals surface area contributed by atoms with E-state index in [-0.39, 0.29) is 5.97 Å². The summed E-state index contributed by atoms with van der Waals surface area (Å²) in [5.74, 6) is 1.22. The molecule has 0 amide bonds. The second kappa shape index (κ2) is 6.57. The number of ether oxygens (including phenoxy) is 2. The van der Waals surface area contributed by atoms with Crippen LogP contribution >= 0.6 is 0 Å². The van der Waals surface area contributed by atoms with E-state index in [1.54, 1.807) is 7.11 Å². The molecule has 4 heteroatoms. The lowest BCUT2D eigenvalue weighted by Crippen LogP contribution is -2.21. The summed E-state index contributed by atoms with van der Waals surface area (Å²) in [5.41, 5.74) is 1.28. The van der Waals surface area contributed by atoms with E-state index in [1.807, 2.05) is 12.1 Å². The zero-order valence-corrected chi connectivity index (χ0v) is 11.6. The molecular weight excluding hydrogens is 242 g/mol. The van der Waals surface area contributed by atoms with Gasteiger partial charge in [-0.25, -0.2) is 0 Å². The van der Waals surface area contributed by atoms with Crippen molar-refractivity contribution in [3.05, 3.63) is 29.8 Å². The number of hydrogen-bond acceptors (Lipinski definition) is 4. The Bertz CT molecular complexity index is 416. The van der Waals surface area contributed by atoms with E-state index in [4.69, 9.17) is 9.47 Å². The zero-order valence-electron chi connectivity index (χ0n) is 11.6. The molecule has 0 bridgehead atoms. The molecule has 1 saturated heterocycles. The molecule has 0 aromatic heterocycles. The van der Waals surface area contributed by atoms with Gasteiger partial charge in [-0.1, -0.05) is 12.1 Å². The molecule has 4 nitrogen and oxygen atoms in total. The lowest BCUT2D eigenvalue weighted by molar-refractivity contribution is -0.141. The molecule has 1 heterocycles. The van der Waals surface area contributed by atoms with Gasteiger partial charge in [-0.05, 0) is 36.6 Å². The Balaban J connectivity index is 1.82. The monoisotopic (exact) mass is 263 g/mol. The van der Waals surface area contributed by atoms with Gasteiger partial charge in [-0.15, -0.1) is 0 Å². The molecule has 2 rings (SSSR count). The lowest BCUT2D eigenvalue weighted by Gasteiger charge is -2.16. The maximum atomic E-state index is 11.2. The first-order chi connectivity index (χ1) is 9.21. The van der Waals surface area contributed by atoms with Crippen molar-refractivity contribution in [1.29, 1.82) is 0 Å². The van der Waals surface area contributed by atoms with Crippen molar-refractivity contribution >= 4 is 5.97 Å². The molecule has 104 valence electrons.